The minimum absolute atomic E-state index is 0.109. The highest BCUT2D eigenvalue weighted by Gasteiger charge is 2.08. The van der Waals surface area contributed by atoms with Crippen molar-refractivity contribution in [3.63, 3.8) is 0 Å². The molecule has 3 aromatic rings. The minimum atomic E-state index is -0.767. The van der Waals surface area contributed by atoms with E-state index in [1.54, 1.807) is 36.7 Å². The van der Waals surface area contributed by atoms with E-state index >= 15 is 0 Å². The average Bonchev–Trinajstić information content (AvgIpc) is 2.66. The molecule has 3 rings (SSSR count). The summed E-state index contributed by atoms with van der Waals surface area (Å²) in [5.41, 5.74) is 2.46. The van der Waals surface area contributed by atoms with E-state index in [1.807, 2.05) is 18.2 Å². The molecule has 6 nitrogen and oxygen atoms in total. The molecule has 0 aliphatic rings. The van der Waals surface area contributed by atoms with Gasteiger partial charge in [-0.05, 0) is 29.8 Å². The summed E-state index contributed by atoms with van der Waals surface area (Å²) in [6.45, 7) is 0.225. The Morgan fingerprint density at radius 1 is 0.920 bits per heavy atom. The molecular formula is C19H17N3O3. The van der Waals surface area contributed by atoms with E-state index in [1.165, 1.54) is 0 Å². The molecule has 0 saturated heterocycles. The third-order valence-corrected chi connectivity index (χ3v) is 3.53. The molecule has 1 unspecified atom stereocenters. The molecule has 0 saturated carbocycles. The topological polar surface area (TPSA) is 88.3 Å². The lowest BCUT2D eigenvalue weighted by molar-refractivity contribution is 0.0627. The van der Waals surface area contributed by atoms with Gasteiger partial charge < -0.3 is 14.6 Å². The van der Waals surface area contributed by atoms with Crippen LogP contribution in [-0.2, 0) is 6.42 Å². The summed E-state index contributed by atoms with van der Waals surface area (Å²) in [4.78, 5) is 8.41. The summed E-state index contributed by atoms with van der Waals surface area (Å²) in [7, 11) is 0. The molecular weight excluding hydrogens is 318 g/mol. The van der Waals surface area contributed by atoms with E-state index < -0.39 is 6.10 Å². The van der Waals surface area contributed by atoms with Crippen LogP contribution in [-0.4, -0.2) is 34.4 Å². The number of hydrogen-bond acceptors (Lipinski definition) is 6. The van der Waals surface area contributed by atoms with E-state index in [2.05, 4.69) is 16.0 Å². The van der Waals surface area contributed by atoms with E-state index in [9.17, 15) is 5.11 Å². The fourth-order valence-electron chi connectivity index (χ4n) is 2.26. The van der Waals surface area contributed by atoms with Crippen molar-refractivity contribution in [2.45, 2.75) is 12.5 Å². The number of hydrogen-bond donors (Lipinski definition) is 1. The first-order chi connectivity index (χ1) is 12.2. The average molecular weight is 335 g/mol. The Morgan fingerprint density at radius 2 is 1.56 bits per heavy atom. The summed E-state index contributed by atoms with van der Waals surface area (Å²) >= 11 is 0. The number of fused-ring (bicyclic) bond motifs is 1. The maximum atomic E-state index is 10.0. The van der Waals surface area contributed by atoms with Crippen LogP contribution in [0.15, 0.2) is 54.9 Å². The number of ether oxygens (including phenoxy) is 2. The Morgan fingerprint density at radius 3 is 2.28 bits per heavy atom. The van der Waals surface area contributed by atoms with Gasteiger partial charge in [0.1, 0.15) is 30.8 Å². The molecule has 0 amide bonds. The van der Waals surface area contributed by atoms with Crippen LogP contribution in [0.4, 0.5) is 0 Å². The van der Waals surface area contributed by atoms with Gasteiger partial charge in [0, 0.05) is 18.5 Å². The zero-order valence-electron chi connectivity index (χ0n) is 13.5. The Hall–Kier alpha value is -3.17. The second kappa shape index (κ2) is 8.08. The molecule has 6 heteroatoms. The predicted octanol–water partition coefficient (Wildman–Crippen LogP) is 2.51. The molecule has 0 spiro atoms. The normalized spacial score (nSPS) is 11.7. The van der Waals surface area contributed by atoms with Crippen molar-refractivity contribution in [1.29, 1.82) is 5.26 Å². The minimum Gasteiger partial charge on any atom is -0.491 e. The van der Waals surface area contributed by atoms with Gasteiger partial charge in [0.2, 0.25) is 0 Å². The lowest BCUT2D eigenvalue weighted by atomic mass is 10.2. The van der Waals surface area contributed by atoms with Gasteiger partial charge >= 0.3 is 0 Å². The molecule has 1 atom stereocenters. The monoisotopic (exact) mass is 335 g/mol. The van der Waals surface area contributed by atoms with Crippen LogP contribution in [0, 0.1) is 11.3 Å². The maximum Gasteiger partial charge on any atom is 0.122 e. The van der Waals surface area contributed by atoms with Crippen molar-refractivity contribution in [3.8, 4) is 17.6 Å². The molecule has 1 aromatic heterocycles. The zero-order valence-corrected chi connectivity index (χ0v) is 13.5. The van der Waals surface area contributed by atoms with Crippen LogP contribution in [0.2, 0.25) is 0 Å². The Kier molecular flexibility index (Phi) is 5.39. The molecule has 1 heterocycles. The van der Waals surface area contributed by atoms with E-state index in [4.69, 9.17) is 14.7 Å². The van der Waals surface area contributed by atoms with Crippen molar-refractivity contribution < 1.29 is 14.6 Å². The molecule has 1 N–H and O–H groups in total. The first-order valence-corrected chi connectivity index (χ1v) is 7.85. The smallest absolute Gasteiger partial charge is 0.122 e. The van der Waals surface area contributed by atoms with Crippen molar-refractivity contribution >= 4 is 11.0 Å². The summed E-state index contributed by atoms with van der Waals surface area (Å²) in [5, 5.41) is 18.6. The second-order valence-corrected chi connectivity index (χ2v) is 5.46. The lowest BCUT2D eigenvalue weighted by Crippen LogP contribution is -2.25. The number of aliphatic hydroxyl groups excluding tert-OH is 1. The van der Waals surface area contributed by atoms with Crippen molar-refractivity contribution in [2.24, 2.45) is 0 Å². The number of aromatic nitrogens is 2. The predicted molar refractivity (Wildman–Crippen MR) is 92.3 cm³/mol. The van der Waals surface area contributed by atoms with E-state index in [0.29, 0.717) is 17.9 Å². The van der Waals surface area contributed by atoms with Gasteiger partial charge in [-0.2, -0.15) is 5.26 Å². The molecule has 0 aliphatic heterocycles. The van der Waals surface area contributed by atoms with Crippen molar-refractivity contribution in [3.05, 3.63) is 60.4 Å². The first-order valence-electron chi connectivity index (χ1n) is 7.85. The molecule has 2 aromatic carbocycles. The van der Waals surface area contributed by atoms with Gasteiger partial charge in [-0.15, -0.1) is 0 Å². The summed E-state index contributed by atoms with van der Waals surface area (Å²) in [6, 6.07) is 14.7. The Bertz CT molecular complexity index is 875. The van der Waals surface area contributed by atoms with Gasteiger partial charge in [0.15, 0.2) is 0 Å². The standard InChI is InChI=1S/C19H17N3O3/c20-8-7-14-1-3-16(4-2-14)24-12-15(23)13-25-17-5-6-18-19(11-17)22-10-9-21-18/h1-6,9-11,15,23H,7,12-13H2. The number of benzene rings is 2. The van der Waals surface area contributed by atoms with Crippen LogP contribution >= 0.6 is 0 Å². The van der Waals surface area contributed by atoms with Gasteiger partial charge in [-0.25, -0.2) is 0 Å². The van der Waals surface area contributed by atoms with Crippen molar-refractivity contribution in [2.75, 3.05) is 13.2 Å². The molecule has 0 bridgehead atoms. The number of aliphatic hydroxyl groups is 1. The van der Waals surface area contributed by atoms with Crippen molar-refractivity contribution in [1.82, 2.24) is 9.97 Å². The highest BCUT2D eigenvalue weighted by Crippen LogP contribution is 2.17. The van der Waals surface area contributed by atoms with Crippen LogP contribution in [0.5, 0.6) is 11.5 Å². The molecule has 0 fully saturated rings. The summed E-state index contributed by atoms with van der Waals surface area (Å²) in [5.74, 6) is 1.26. The van der Waals surface area contributed by atoms with Gasteiger partial charge in [-0.1, -0.05) is 12.1 Å². The van der Waals surface area contributed by atoms with Gasteiger partial charge in [0.05, 0.1) is 23.5 Å². The Balaban J connectivity index is 1.48. The quantitative estimate of drug-likeness (QED) is 0.714. The van der Waals surface area contributed by atoms with Crippen LogP contribution in [0.1, 0.15) is 5.56 Å². The molecule has 126 valence electrons. The molecule has 0 aliphatic carbocycles. The fourth-order valence-corrected chi connectivity index (χ4v) is 2.26. The third kappa shape index (κ3) is 4.66. The zero-order chi connectivity index (χ0) is 17.5. The third-order valence-electron chi connectivity index (χ3n) is 3.53. The van der Waals surface area contributed by atoms with Crippen LogP contribution in [0.3, 0.4) is 0 Å². The summed E-state index contributed by atoms with van der Waals surface area (Å²) < 4.78 is 11.1. The summed E-state index contributed by atoms with van der Waals surface area (Å²) in [6.07, 6.45) is 2.86. The first kappa shape index (κ1) is 16.7. The Labute approximate surface area is 145 Å². The van der Waals surface area contributed by atoms with Gasteiger partial charge in [0.25, 0.3) is 0 Å². The number of rotatable bonds is 7. The van der Waals surface area contributed by atoms with E-state index in [0.717, 1.165) is 16.6 Å². The number of nitrogens with zero attached hydrogens (tertiary/aromatic N) is 3. The SMILES string of the molecule is N#CCc1ccc(OCC(O)COc2ccc3nccnc3c2)cc1. The number of nitriles is 1. The van der Waals surface area contributed by atoms with E-state index in [-0.39, 0.29) is 13.2 Å². The van der Waals surface area contributed by atoms with Crippen LogP contribution < -0.4 is 9.47 Å². The lowest BCUT2D eigenvalue weighted by Gasteiger charge is -2.14. The molecule has 25 heavy (non-hydrogen) atoms. The van der Waals surface area contributed by atoms with Crippen LogP contribution in [0.25, 0.3) is 11.0 Å². The largest absolute Gasteiger partial charge is 0.491 e. The second-order valence-electron chi connectivity index (χ2n) is 5.46. The maximum absolute atomic E-state index is 10.0. The fraction of sp³-hybridized carbons (Fsp3) is 0.211. The van der Waals surface area contributed by atoms with Gasteiger partial charge in [-0.3, -0.25) is 9.97 Å². The highest BCUT2D eigenvalue weighted by atomic mass is 16.5. The molecule has 0 radical (unpaired) electrons. The highest BCUT2D eigenvalue weighted by molar-refractivity contribution is 5.75.